The summed E-state index contributed by atoms with van der Waals surface area (Å²) in [4.78, 5) is -0.0974. The normalized spacial score (nSPS) is 34.7. The van der Waals surface area contributed by atoms with E-state index in [0.29, 0.717) is 13.2 Å². The van der Waals surface area contributed by atoms with Crippen molar-refractivity contribution in [3.63, 3.8) is 0 Å². The minimum atomic E-state index is -4.16. The Morgan fingerprint density at radius 1 is 1.04 bits per heavy atom. The van der Waals surface area contributed by atoms with Crippen LogP contribution >= 0.6 is 0 Å². The molecule has 3 saturated heterocycles. The summed E-state index contributed by atoms with van der Waals surface area (Å²) in [6.07, 6.45) is 3.48. The number of hydrogen-bond acceptors (Lipinski definition) is 6. The van der Waals surface area contributed by atoms with E-state index in [4.69, 9.17) is 23.5 Å². The summed E-state index contributed by atoms with van der Waals surface area (Å²) in [7, 11) is -4.16. The van der Waals surface area contributed by atoms with E-state index in [9.17, 15) is 8.42 Å². The van der Waals surface area contributed by atoms with E-state index in [1.165, 1.54) is 12.1 Å². The zero-order valence-electron chi connectivity index (χ0n) is 14.5. The van der Waals surface area contributed by atoms with E-state index in [-0.39, 0.29) is 35.4 Å². The zero-order chi connectivity index (χ0) is 18.1. The predicted molar refractivity (Wildman–Crippen MR) is 91.4 cm³/mol. The molecule has 3 aliphatic heterocycles. The highest BCUT2D eigenvalue weighted by Crippen LogP contribution is 2.35. The van der Waals surface area contributed by atoms with Crippen LogP contribution in [0.15, 0.2) is 29.2 Å². The largest absolute Gasteiger partial charge is 0.372 e. The third-order valence-corrected chi connectivity index (χ3v) is 6.16. The van der Waals surface area contributed by atoms with Gasteiger partial charge in [-0.05, 0) is 43.4 Å². The van der Waals surface area contributed by atoms with Crippen molar-refractivity contribution in [1.82, 2.24) is 0 Å². The molecule has 3 aliphatic rings. The molecule has 0 saturated carbocycles. The van der Waals surface area contributed by atoms with Gasteiger partial charge in [-0.25, -0.2) is 0 Å². The van der Waals surface area contributed by atoms with Crippen LogP contribution in [0.25, 0.3) is 0 Å². The average Bonchev–Trinajstić information content (AvgIpc) is 3.20. The molecule has 1 aromatic rings. The van der Waals surface area contributed by atoms with E-state index >= 15 is 0 Å². The maximum absolute atomic E-state index is 11.1. The first-order valence-corrected chi connectivity index (χ1v) is 10.5. The minimum Gasteiger partial charge on any atom is -0.372 e. The lowest BCUT2D eigenvalue weighted by atomic mass is 9.94. The van der Waals surface area contributed by atoms with Crippen LogP contribution in [0.4, 0.5) is 0 Å². The molecule has 5 atom stereocenters. The first-order valence-electron chi connectivity index (χ1n) is 9.07. The van der Waals surface area contributed by atoms with E-state index in [1.807, 2.05) is 0 Å². The number of ether oxygens (including phenoxy) is 4. The third kappa shape index (κ3) is 3.95. The van der Waals surface area contributed by atoms with E-state index in [1.54, 1.807) is 12.1 Å². The van der Waals surface area contributed by atoms with Crippen LogP contribution < -0.4 is 0 Å². The second-order valence-electron chi connectivity index (χ2n) is 7.15. The molecule has 3 unspecified atom stereocenters. The topological polar surface area (TPSA) is 91.3 Å². The first kappa shape index (κ1) is 18.3. The highest BCUT2D eigenvalue weighted by atomic mass is 32.2. The number of rotatable bonds is 5. The molecular weight excluding hydrogens is 360 g/mol. The van der Waals surface area contributed by atoms with Crippen molar-refractivity contribution in [2.45, 2.75) is 55.2 Å². The van der Waals surface area contributed by atoms with Gasteiger partial charge in [0.15, 0.2) is 6.29 Å². The van der Waals surface area contributed by atoms with Gasteiger partial charge in [-0.2, -0.15) is 8.42 Å². The summed E-state index contributed by atoms with van der Waals surface area (Å²) in [6, 6.07) is 6.27. The molecule has 0 bridgehead atoms. The number of fused-ring (bicyclic) bond motifs is 1. The Morgan fingerprint density at radius 3 is 2.50 bits per heavy atom. The van der Waals surface area contributed by atoms with Crippen molar-refractivity contribution < 1.29 is 31.9 Å². The molecule has 26 heavy (non-hydrogen) atoms. The monoisotopic (exact) mass is 384 g/mol. The van der Waals surface area contributed by atoms with E-state index in [0.717, 1.165) is 37.9 Å². The molecule has 3 fully saturated rings. The SMILES string of the molecule is O=S(=O)(O)c1ccc(CC2CO[C@H]3C(OC4CCCCO4)CO[C@@H]23)cc1. The lowest BCUT2D eigenvalue weighted by Gasteiger charge is -2.27. The van der Waals surface area contributed by atoms with Gasteiger partial charge in [-0.15, -0.1) is 0 Å². The van der Waals surface area contributed by atoms with Crippen molar-refractivity contribution in [2.24, 2.45) is 5.92 Å². The molecule has 0 spiro atoms. The first-order chi connectivity index (χ1) is 12.5. The Balaban J connectivity index is 1.35. The summed E-state index contributed by atoms with van der Waals surface area (Å²) in [6.45, 7) is 1.84. The Hall–Kier alpha value is -1.03. The Labute approximate surface area is 153 Å². The van der Waals surface area contributed by atoms with Crippen molar-refractivity contribution in [2.75, 3.05) is 19.8 Å². The summed E-state index contributed by atoms with van der Waals surface area (Å²) in [5, 5.41) is 0. The summed E-state index contributed by atoms with van der Waals surface area (Å²) < 4.78 is 54.9. The summed E-state index contributed by atoms with van der Waals surface area (Å²) in [5.74, 6) is 0.192. The fraction of sp³-hybridized carbons (Fsp3) is 0.667. The molecule has 4 rings (SSSR count). The molecule has 0 aliphatic carbocycles. The van der Waals surface area contributed by atoms with Crippen LogP contribution in [-0.2, 0) is 35.5 Å². The van der Waals surface area contributed by atoms with Crippen molar-refractivity contribution in [1.29, 1.82) is 0 Å². The molecule has 3 heterocycles. The van der Waals surface area contributed by atoms with Gasteiger partial charge in [-0.3, -0.25) is 4.55 Å². The average molecular weight is 384 g/mol. The maximum atomic E-state index is 11.1. The second-order valence-corrected chi connectivity index (χ2v) is 8.57. The maximum Gasteiger partial charge on any atom is 0.294 e. The van der Waals surface area contributed by atoms with Gasteiger partial charge in [0.1, 0.15) is 12.2 Å². The molecule has 0 radical (unpaired) electrons. The molecule has 144 valence electrons. The van der Waals surface area contributed by atoms with E-state index < -0.39 is 10.1 Å². The quantitative estimate of drug-likeness (QED) is 0.774. The Morgan fingerprint density at radius 2 is 1.81 bits per heavy atom. The highest BCUT2D eigenvalue weighted by Gasteiger charge is 2.48. The van der Waals surface area contributed by atoms with Crippen LogP contribution in [0.5, 0.6) is 0 Å². The smallest absolute Gasteiger partial charge is 0.294 e. The Kier molecular flexibility index (Phi) is 5.31. The van der Waals surface area contributed by atoms with Crippen LogP contribution in [0.3, 0.4) is 0 Å². The van der Waals surface area contributed by atoms with Crippen molar-refractivity contribution >= 4 is 10.1 Å². The van der Waals surface area contributed by atoms with Gasteiger partial charge in [0.05, 0.1) is 24.2 Å². The molecular formula is C18H24O7S. The molecule has 7 nitrogen and oxygen atoms in total. The van der Waals surface area contributed by atoms with Crippen LogP contribution in [0.2, 0.25) is 0 Å². The molecule has 0 aromatic heterocycles. The third-order valence-electron chi connectivity index (χ3n) is 5.29. The lowest BCUT2D eigenvalue weighted by molar-refractivity contribution is -0.202. The lowest BCUT2D eigenvalue weighted by Crippen LogP contribution is -2.36. The predicted octanol–water partition coefficient (Wildman–Crippen LogP) is 1.80. The van der Waals surface area contributed by atoms with Crippen LogP contribution in [-0.4, -0.2) is 57.4 Å². The zero-order valence-corrected chi connectivity index (χ0v) is 15.3. The Bertz CT molecular complexity index is 712. The van der Waals surface area contributed by atoms with Gasteiger partial charge in [-0.1, -0.05) is 12.1 Å². The van der Waals surface area contributed by atoms with Gasteiger partial charge in [0.2, 0.25) is 0 Å². The van der Waals surface area contributed by atoms with Gasteiger partial charge in [0.25, 0.3) is 10.1 Å². The van der Waals surface area contributed by atoms with Gasteiger partial charge in [0, 0.05) is 12.5 Å². The van der Waals surface area contributed by atoms with Crippen LogP contribution in [0.1, 0.15) is 24.8 Å². The standard InChI is InChI=1S/C18H24O7S/c19-26(20,21)14-6-4-12(5-7-14)9-13-10-23-18-15(11-24-17(13)18)25-16-3-1-2-8-22-16/h4-7,13,15-18H,1-3,8-11H2,(H,19,20,21)/t13?,15?,16?,17-,18-/m0/s1. The fourth-order valence-electron chi connectivity index (χ4n) is 3.95. The van der Waals surface area contributed by atoms with E-state index in [2.05, 4.69) is 0 Å². The van der Waals surface area contributed by atoms with Crippen LogP contribution in [0, 0.1) is 5.92 Å². The highest BCUT2D eigenvalue weighted by molar-refractivity contribution is 7.85. The minimum absolute atomic E-state index is 0.0233. The number of benzene rings is 1. The molecule has 8 heteroatoms. The molecule has 0 amide bonds. The second kappa shape index (κ2) is 7.53. The summed E-state index contributed by atoms with van der Waals surface area (Å²) in [5.41, 5.74) is 0.982. The van der Waals surface area contributed by atoms with Gasteiger partial charge < -0.3 is 18.9 Å². The van der Waals surface area contributed by atoms with Crippen molar-refractivity contribution in [3.8, 4) is 0 Å². The molecule has 1 aromatic carbocycles. The van der Waals surface area contributed by atoms with Crippen molar-refractivity contribution in [3.05, 3.63) is 29.8 Å². The number of hydrogen-bond donors (Lipinski definition) is 1. The molecule has 1 N–H and O–H groups in total. The summed E-state index contributed by atoms with van der Waals surface area (Å²) >= 11 is 0. The van der Waals surface area contributed by atoms with Gasteiger partial charge >= 0.3 is 0 Å². The fourth-order valence-corrected chi connectivity index (χ4v) is 4.43.